The number of hydrogen-bond acceptors (Lipinski definition) is 2. The lowest BCUT2D eigenvalue weighted by Gasteiger charge is -2.29. The number of hydrogen-bond donors (Lipinski definition) is 1. The first-order valence-electron chi connectivity index (χ1n) is 6.54. The Hall–Kier alpha value is -0.570. The molecule has 0 bridgehead atoms. The first-order valence-corrected chi connectivity index (χ1v) is 6.92. The van der Waals surface area contributed by atoms with Crippen LogP contribution >= 0.6 is 11.6 Å². The molecule has 1 unspecified atom stereocenters. The third-order valence-corrected chi connectivity index (χ3v) is 3.83. The van der Waals surface area contributed by atoms with Crippen LogP contribution in [-0.2, 0) is 11.2 Å². The van der Waals surface area contributed by atoms with Gasteiger partial charge >= 0.3 is 0 Å². The van der Waals surface area contributed by atoms with Crippen molar-refractivity contribution in [3.8, 4) is 0 Å². The van der Waals surface area contributed by atoms with Crippen LogP contribution in [0, 0.1) is 5.41 Å². The zero-order valence-corrected chi connectivity index (χ0v) is 12.4. The number of benzene rings is 1. The molecule has 1 aromatic rings. The van der Waals surface area contributed by atoms with Crippen molar-refractivity contribution >= 4 is 11.6 Å². The normalized spacial score (nSPS) is 14.4. The van der Waals surface area contributed by atoms with Crippen molar-refractivity contribution in [2.45, 2.75) is 26.7 Å². The van der Waals surface area contributed by atoms with Crippen molar-refractivity contribution in [1.82, 2.24) is 5.32 Å². The van der Waals surface area contributed by atoms with Gasteiger partial charge in [0, 0.05) is 25.2 Å². The van der Waals surface area contributed by atoms with E-state index in [1.54, 1.807) is 7.11 Å². The topological polar surface area (TPSA) is 21.3 Å². The summed E-state index contributed by atoms with van der Waals surface area (Å²) in [7, 11) is 1.73. The monoisotopic (exact) mass is 269 g/mol. The first kappa shape index (κ1) is 15.5. The molecule has 0 radical (unpaired) electrons. The molecule has 0 aliphatic rings. The molecule has 3 heteroatoms. The summed E-state index contributed by atoms with van der Waals surface area (Å²) in [5.74, 6) is 0. The fraction of sp³-hybridized carbons (Fsp3) is 0.600. The molecule has 1 N–H and O–H groups in total. The van der Waals surface area contributed by atoms with Crippen molar-refractivity contribution in [3.05, 3.63) is 34.9 Å². The molecular weight excluding hydrogens is 246 g/mol. The van der Waals surface area contributed by atoms with Crippen LogP contribution in [0.25, 0.3) is 0 Å². The van der Waals surface area contributed by atoms with E-state index >= 15 is 0 Å². The molecular formula is C15H24ClNO. The van der Waals surface area contributed by atoms with E-state index in [2.05, 4.69) is 31.3 Å². The number of ether oxygens (including phenoxy) is 1. The Labute approximate surface area is 116 Å². The highest BCUT2D eigenvalue weighted by atomic mass is 35.5. The van der Waals surface area contributed by atoms with Crippen LogP contribution in [-0.4, -0.2) is 26.8 Å². The summed E-state index contributed by atoms with van der Waals surface area (Å²) in [6.07, 6.45) is 2.13. The maximum Gasteiger partial charge on any atom is 0.0587 e. The van der Waals surface area contributed by atoms with Crippen molar-refractivity contribution in [2.24, 2.45) is 5.41 Å². The minimum absolute atomic E-state index is 0.235. The van der Waals surface area contributed by atoms with Crippen LogP contribution in [0.15, 0.2) is 24.3 Å². The standard InChI is InChI=1S/C15H24ClNO/c1-4-15(2,12-17-9-10-18-3)11-13-7-5-6-8-14(13)16/h5-8,17H,4,9-12H2,1-3H3. The van der Waals surface area contributed by atoms with E-state index in [1.807, 2.05) is 12.1 Å². The molecule has 0 saturated carbocycles. The number of halogens is 1. The highest BCUT2D eigenvalue weighted by Crippen LogP contribution is 2.29. The van der Waals surface area contributed by atoms with Crippen LogP contribution in [0.1, 0.15) is 25.8 Å². The zero-order valence-electron chi connectivity index (χ0n) is 11.6. The Bertz CT molecular complexity index is 356. The first-order chi connectivity index (χ1) is 8.61. The van der Waals surface area contributed by atoms with Crippen LogP contribution < -0.4 is 5.32 Å². The molecule has 1 rings (SSSR count). The second-order valence-electron chi connectivity index (χ2n) is 5.10. The summed E-state index contributed by atoms with van der Waals surface area (Å²) in [6.45, 7) is 7.17. The predicted molar refractivity (Wildman–Crippen MR) is 78.3 cm³/mol. The fourth-order valence-corrected chi connectivity index (χ4v) is 2.18. The highest BCUT2D eigenvalue weighted by Gasteiger charge is 2.23. The molecule has 0 aliphatic heterocycles. The minimum atomic E-state index is 0.235. The van der Waals surface area contributed by atoms with E-state index < -0.39 is 0 Å². The van der Waals surface area contributed by atoms with Gasteiger partial charge < -0.3 is 10.1 Å². The summed E-state index contributed by atoms with van der Waals surface area (Å²) in [4.78, 5) is 0. The SMILES string of the molecule is CCC(C)(CNCCOC)Cc1ccccc1Cl. The van der Waals surface area contributed by atoms with Gasteiger partial charge in [-0.15, -0.1) is 0 Å². The molecule has 0 amide bonds. The quantitative estimate of drug-likeness (QED) is 0.729. The second kappa shape index (κ2) is 7.78. The molecule has 0 fully saturated rings. The Morgan fingerprint density at radius 2 is 2.06 bits per heavy atom. The molecule has 0 spiro atoms. The molecule has 0 aliphatic carbocycles. The molecule has 0 heterocycles. The van der Waals surface area contributed by atoms with Gasteiger partial charge in [0.05, 0.1) is 6.61 Å². The van der Waals surface area contributed by atoms with Crippen LogP contribution in [0.4, 0.5) is 0 Å². The van der Waals surface area contributed by atoms with E-state index in [0.29, 0.717) is 0 Å². The van der Waals surface area contributed by atoms with Gasteiger partial charge in [-0.3, -0.25) is 0 Å². The Morgan fingerprint density at radius 3 is 2.67 bits per heavy atom. The molecule has 2 nitrogen and oxygen atoms in total. The summed E-state index contributed by atoms with van der Waals surface area (Å²) in [5, 5.41) is 4.32. The van der Waals surface area contributed by atoms with Gasteiger partial charge in [-0.25, -0.2) is 0 Å². The number of rotatable bonds is 8. The largest absolute Gasteiger partial charge is 0.383 e. The van der Waals surface area contributed by atoms with Crippen molar-refractivity contribution in [1.29, 1.82) is 0 Å². The van der Waals surface area contributed by atoms with Crippen molar-refractivity contribution in [3.63, 3.8) is 0 Å². The number of methoxy groups -OCH3 is 1. The maximum atomic E-state index is 6.23. The van der Waals surface area contributed by atoms with Crippen LogP contribution in [0.3, 0.4) is 0 Å². The maximum absolute atomic E-state index is 6.23. The van der Waals surface area contributed by atoms with Crippen molar-refractivity contribution < 1.29 is 4.74 Å². The fourth-order valence-electron chi connectivity index (χ4n) is 1.98. The molecule has 0 saturated heterocycles. The van der Waals surface area contributed by atoms with E-state index in [9.17, 15) is 0 Å². The van der Waals surface area contributed by atoms with Gasteiger partial charge in [0.1, 0.15) is 0 Å². The molecule has 1 aromatic carbocycles. The van der Waals surface area contributed by atoms with Crippen molar-refractivity contribution in [2.75, 3.05) is 26.8 Å². The Kier molecular flexibility index (Phi) is 6.69. The Balaban J connectivity index is 2.56. The van der Waals surface area contributed by atoms with E-state index in [-0.39, 0.29) is 5.41 Å². The summed E-state index contributed by atoms with van der Waals surface area (Å²) in [6, 6.07) is 8.11. The predicted octanol–water partition coefficient (Wildman–Crippen LogP) is 3.53. The van der Waals surface area contributed by atoms with E-state index in [0.717, 1.165) is 37.6 Å². The average molecular weight is 270 g/mol. The lowest BCUT2D eigenvalue weighted by atomic mass is 9.81. The third kappa shape index (κ3) is 4.97. The van der Waals surface area contributed by atoms with Gasteiger partial charge in [-0.1, -0.05) is 43.6 Å². The summed E-state index contributed by atoms with van der Waals surface area (Å²) >= 11 is 6.23. The molecule has 18 heavy (non-hydrogen) atoms. The van der Waals surface area contributed by atoms with Crippen LogP contribution in [0.5, 0.6) is 0 Å². The molecule has 1 atom stereocenters. The summed E-state index contributed by atoms with van der Waals surface area (Å²) < 4.78 is 5.04. The zero-order chi connectivity index (χ0) is 13.4. The highest BCUT2D eigenvalue weighted by molar-refractivity contribution is 6.31. The molecule has 102 valence electrons. The van der Waals surface area contributed by atoms with Gasteiger partial charge in [-0.2, -0.15) is 0 Å². The van der Waals surface area contributed by atoms with Gasteiger partial charge in [-0.05, 0) is 29.9 Å². The third-order valence-electron chi connectivity index (χ3n) is 3.46. The van der Waals surface area contributed by atoms with Gasteiger partial charge in [0.25, 0.3) is 0 Å². The van der Waals surface area contributed by atoms with Gasteiger partial charge in [0.2, 0.25) is 0 Å². The lowest BCUT2D eigenvalue weighted by molar-refractivity contribution is 0.191. The minimum Gasteiger partial charge on any atom is -0.383 e. The number of nitrogens with one attached hydrogen (secondary N) is 1. The molecule has 0 aromatic heterocycles. The van der Waals surface area contributed by atoms with Gasteiger partial charge in [0.15, 0.2) is 0 Å². The smallest absolute Gasteiger partial charge is 0.0587 e. The second-order valence-corrected chi connectivity index (χ2v) is 5.51. The lowest BCUT2D eigenvalue weighted by Crippen LogP contribution is -2.35. The van der Waals surface area contributed by atoms with E-state index in [4.69, 9.17) is 16.3 Å². The van der Waals surface area contributed by atoms with Crippen LogP contribution in [0.2, 0.25) is 5.02 Å². The van der Waals surface area contributed by atoms with E-state index in [1.165, 1.54) is 5.56 Å². The summed E-state index contributed by atoms with van der Waals surface area (Å²) in [5.41, 5.74) is 1.47. The average Bonchev–Trinajstić information content (AvgIpc) is 2.38. The Morgan fingerprint density at radius 1 is 1.33 bits per heavy atom.